The highest BCUT2D eigenvalue weighted by Crippen LogP contribution is 2.29. The number of aryl methyl sites for hydroxylation is 1. The first-order valence-electron chi connectivity index (χ1n) is 8.22. The van der Waals surface area contributed by atoms with Crippen LogP contribution in [0.25, 0.3) is 10.8 Å². The van der Waals surface area contributed by atoms with Crippen LogP contribution >= 0.6 is 0 Å². The monoisotopic (exact) mass is 299 g/mol. The Bertz CT molecular complexity index is 616. The van der Waals surface area contributed by atoms with Gasteiger partial charge in [0.25, 0.3) is 0 Å². The molecule has 4 heteroatoms. The number of aromatic nitrogens is 1. The molecule has 22 heavy (non-hydrogen) atoms. The second-order valence-electron chi connectivity index (χ2n) is 6.23. The number of pyridine rings is 1. The fourth-order valence-electron chi connectivity index (χ4n) is 3.46. The Labute approximate surface area is 132 Å². The largest absolute Gasteiger partial charge is 0.395 e. The van der Waals surface area contributed by atoms with Crippen LogP contribution in [0.3, 0.4) is 0 Å². The van der Waals surface area contributed by atoms with Gasteiger partial charge in [0.05, 0.1) is 6.61 Å². The van der Waals surface area contributed by atoms with Gasteiger partial charge in [-0.2, -0.15) is 0 Å². The average molecular weight is 299 g/mol. The molecule has 0 saturated heterocycles. The lowest BCUT2D eigenvalue weighted by molar-refractivity contribution is 0.269. The van der Waals surface area contributed by atoms with Crippen molar-refractivity contribution < 1.29 is 5.11 Å². The van der Waals surface area contributed by atoms with Crippen LogP contribution in [0.2, 0.25) is 0 Å². The summed E-state index contributed by atoms with van der Waals surface area (Å²) in [5, 5.41) is 18.5. The lowest BCUT2D eigenvalue weighted by Crippen LogP contribution is -2.38. The van der Waals surface area contributed by atoms with Gasteiger partial charge in [-0.15, -0.1) is 0 Å². The predicted molar refractivity (Wildman–Crippen MR) is 91.2 cm³/mol. The smallest absolute Gasteiger partial charge is 0.0556 e. The van der Waals surface area contributed by atoms with E-state index in [0.717, 1.165) is 0 Å². The van der Waals surface area contributed by atoms with Gasteiger partial charge in [0, 0.05) is 47.5 Å². The van der Waals surface area contributed by atoms with Crippen molar-refractivity contribution in [3.05, 3.63) is 36.2 Å². The first kappa shape index (κ1) is 15.3. The van der Waals surface area contributed by atoms with E-state index in [1.807, 2.05) is 12.4 Å². The summed E-state index contributed by atoms with van der Waals surface area (Å²) in [4.78, 5) is 4.28. The topological polar surface area (TPSA) is 57.2 Å². The summed E-state index contributed by atoms with van der Waals surface area (Å²) < 4.78 is 0. The van der Waals surface area contributed by atoms with E-state index in [4.69, 9.17) is 5.11 Å². The standard InChI is InChI=1S/C18H25N3O/c1-13-11-19-12-14-3-2-4-17(18(13)14)21-16-7-5-15(6-8-16)20-9-10-22/h2-4,11-12,15-16,20-22H,5-10H2,1H3. The molecule has 1 saturated carbocycles. The van der Waals surface area contributed by atoms with Crippen LogP contribution in [0, 0.1) is 6.92 Å². The number of rotatable bonds is 5. The van der Waals surface area contributed by atoms with Crippen molar-refractivity contribution in [2.75, 3.05) is 18.5 Å². The molecule has 2 aromatic rings. The molecule has 1 aliphatic carbocycles. The molecule has 0 atom stereocenters. The second kappa shape index (κ2) is 7.07. The van der Waals surface area contributed by atoms with Gasteiger partial charge in [-0.1, -0.05) is 12.1 Å². The molecule has 1 heterocycles. The van der Waals surface area contributed by atoms with Gasteiger partial charge in [-0.05, 0) is 44.2 Å². The number of nitrogens with zero attached hydrogens (tertiary/aromatic N) is 1. The van der Waals surface area contributed by atoms with Crippen molar-refractivity contribution in [3.8, 4) is 0 Å². The van der Waals surface area contributed by atoms with Gasteiger partial charge in [0.1, 0.15) is 0 Å². The van der Waals surface area contributed by atoms with Crippen molar-refractivity contribution in [3.63, 3.8) is 0 Å². The van der Waals surface area contributed by atoms with Crippen molar-refractivity contribution >= 4 is 16.5 Å². The zero-order valence-corrected chi connectivity index (χ0v) is 13.2. The van der Waals surface area contributed by atoms with Crippen molar-refractivity contribution in [1.82, 2.24) is 10.3 Å². The highest BCUT2D eigenvalue weighted by molar-refractivity contribution is 5.95. The summed E-state index contributed by atoms with van der Waals surface area (Å²) in [5.74, 6) is 0. The molecule has 0 aliphatic heterocycles. The van der Waals surface area contributed by atoms with Crippen molar-refractivity contribution in [2.24, 2.45) is 0 Å². The number of anilines is 1. The molecule has 3 rings (SSSR count). The number of aliphatic hydroxyl groups is 1. The Hall–Kier alpha value is -1.65. The Balaban J connectivity index is 1.67. The fourth-order valence-corrected chi connectivity index (χ4v) is 3.46. The quantitative estimate of drug-likeness (QED) is 0.794. The first-order valence-corrected chi connectivity index (χ1v) is 8.22. The number of aliphatic hydroxyl groups excluding tert-OH is 1. The fraction of sp³-hybridized carbons (Fsp3) is 0.500. The van der Waals surface area contributed by atoms with Crippen LogP contribution in [0.15, 0.2) is 30.6 Å². The SMILES string of the molecule is Cc1cncc2cccc(NC3CCC(NCCO)CC3)c12. The molecule has 0 spiro atoms. The average Bonchev–Trinajstić information content (AvgIpc) is 2.54. The lowest BCUT2D eigenvalue weighted by atomic mass is 9.90. The maximum Gasteiger partial charge on any atom is 0.0556 e. The molecule has 1 aromatic carbocycles. The van der Waals surface area contributed by atoms with E-state index in [1.54, 1.807) is 0 Å². The van der Waals surface area contributed by atoms with Crippen LogP contribution < -0.4 is 10.6 Å². The molecule has 4 nitrogen and oxygen atoms in total. The summed E-state index contributed by atoms with van der Waals surface area (Å²) in [5.41, 5.74) is 2.45. The molecular weight excluding hydrogens is 274 g/mol. The summed E-state index contributed by atoms with van der Waals surface area (Å²) in [6, 6.07) is 7.48. The maximum atomic E-state index is 8.89. The zero-order valence-electron chi connectivity index (χ0n) is 13.2. The van der Waals surface area contributed by atoms with Crippen LogP contribution in [-0.4, -0.2) is 35.3 Å². The van der Waals surface area contributed by atoms with Crippen LogP contribution in [0.5, 0.6) is 0 Å². The van der Waals surface area contributed by atoms with Crippen molar-refractivity contribution in [2.45, 2.75) is 44.7 Å². The van der Waals surface area contributed by atoms with Gasteiger partial charge in [0.15, 0.2) is 0 Å². The van der Waals surface area contributed by atoms with E-state index in [9.17, 15) is 0 Å². The number of hydrogen-bond acceptors (Lipinski definition) is 4. The molecule has 0 radical (unpaired) electrons. The van der Waals surface area contributed by atoms with E-state index >= 15 is 0 Å². The van der Waals surface area contributed by atoms with Crippen molar-refractivity contribution in [1.29, 1.82) is 0 Å². The Morgan fingerprint density at radius 1 is 1.14 bits per heavy atom. The molecule has 0 bridgehead atoms. The van der Waals surface area contributed by atoms with Gasteiger partial charge in [-0.3, -0.25) is 4.98 Å². The van der Waals surface area contributed by atoms with Crippen LogP contribution in [0.4, 0.5) is 5.69 Å². The summed E-state index contributed by atoms with van der Waals surface area (Å²) >= 11 is 0. The Morgan fingerprint density at radius 3 is 2.68 bits per heavy atom. The third-order valence-electron chi connectivity index (χ3n) is 4.60. The Kier molecular flexibility index (Phi) is 4.90. The molecule has 1 aliphatic rings. The molecule has 3 N–H and O–H groups in total. The van der Waals surface area contributed by atoms with Crippen LogP contribution in [-0.2, 0) is 0 Å². The highest BCUT2D eigenvalue weighted by atomic mass is 16.3. The van der Waals surface area contributed by atoms with E-state index < -0.39 is 0 Å². The third-order valence-corrected chi connectivity index (χ3v) is 4.60. The van der Waals surface area contributed by atoms with Gasteiger partial charge in [-0.25, -0.2) is 0 Å². The number of nitrogens with one attached hydrogen (secondary N) is 2. The molecule has 0 unspecified atom stereocenters. The molecule has 1 fully saturated rings. The normalized spacial score (nSPS) is 21.9. The number of hydrogen-bond donors (Lipinski definition) is 3. The van der Waals surface area contributed by atoms with Gasteiger partial charge >= 0.3 is 0 Å². The number of fused-ring (bicyclic) bond motifs is 1. The summed E-state index contributed by atoms with van der Waals surface area (Å²) in [6.07, 6.45) is 8.55. The minimum atomic E-state index is 0.224. The second-order valence-corrected chi connectivity index (χ2v) is 6.23. The number of benzene rings is 1. The van der Waals surface area contributed by atoms with Crippen LogP contribution in [0.1, 0.15) is 31.2 Å². The first-order chi connectivity index (χ1) is 10.8. The molecule has 118 valence electrons. The molecule has 1 aromatic heterocycles. The minimum absolute atomic E-state index is 0.224. The van der Waals surface area contributed by atoms with E-state index in [-0.39, 0.29) is 6.61 Å². The minimum Gasteiger partial charge on any atom is -0.395 e. The van der Waals surface area contributed by atoms with Gasteiger partial charge < -0.3 is 15.7 Å². The highest BCUT2D eigenvalue weighted by Gasteiger charge is 2.21. The summed E-state index contributed by atoms with van der Waals surface area (Å²) in [7, 11) is 0. The van der Waals surface area contributed by atoms with E-state index in [0.29, 0.717) is 18.6 Å². The zero-order chi connectivity index (χ0) is 15.4. The molecular formula is C18H25N3O. The van der Waals surface area contributed by atoms with E-state index in [1.165, 1.54) is 47.7 Å². The lowest BCUT2D eigenvalue weighted by Gasteiger charge is -2.30. The Morgan fingerprint density at radius 2 is 1.91 bits per heavy atom. The maximum absolute atomic E-state index is 8.89. The molecule has 0 amide bonds. The van der Waals surface area contributed by atoms with E-state index in [2.05, 4.69) is 40.7 Å². The van der Waals surface area contributed by atoms with Gasteiger partial charge in [0.2, 0.25) is 0 Å². The third kappa shape index (κ3) is 3.39. The summed E-state index contributed by atoms with van der Waals surface area (Å²) in [6.45, 7) is 3.05. The predicted octanol–water partition coefficient (Wildman–Crippen LogP) is 2.85.